The number of carbonyl (C=O) groups is 1. The molecule has 0 aliphatic carbocycles. The highest BCUT2D eigenvalue weighted by Crippen LogP contribution is 1.91. The van der Waals surface area contributed by atoms with Crippen LogP contribution in [0, 0.1) is 5.92 Å². The Labute approximate surface area is 61.8 Å². The van der Waals surface area contributed by atoms with E-state index in [0.717, 1.165) is 0 Å². The van der Waals surface area contributed by atoms with E-state index >= 15 is 0 Å². The summed E-state index contributed by atoms with van der Waals surface area (Å²) in [5, 5.41) is 2.72. The third-order valence-electron chi connectivity index (χ3n) is 0.899. The Bertz CT molecular complexity index is 102. The second-order valence-electron chi connectivity index (χ2n) is 2.61. The molecule has 0 aromatic rings. The van der Waals surface area contributed by atoms with E-state index in [2.05, 4.69) is 5.32 Å². The molecule has 60 valence electrons. The molecular weight excluding hydrogens is 130 g/mol. The van der Waals surface area contributed by atoms with E-state index in [-0.39, 0.29) is 5.97 Å². The molecule has 0 saturated carbocycles. The number of esters is 1. The van der Waals surface area contributed by atoms with Gasteiger partial charge in [-0.15, -0.1) is 0 Å². The number of hydrogen-bond acceptors (Lipinski definition) is 3. The Kier molecular flexibility index (Phi) is 4.94. The lowest BCUT2D eigenvalue weighted by Gasteiger charge is -2.05. The zero-order valence-corrected chi connectivity index (χ0v) is 6.81. The zero-order chi connectivity index (χ0) is 7.98. The van der Waals surface area contributed by atoms with Crippen molar-refractivity contribution in [3.8, 4) is 0 Å². The lowest BCUT2D eigenvalue weighted by Crippen LogP contribution is -2.22. The van der Waals surface area contributed by atoms with E-state index in [0.29, 0.717) is 19.1 Å². The first-order valence-corrected chi connectivity index (χ1v) is 3.47. The van der Waals surface area contributed by atoms with Crippen LogP contribution < -0.4 is 5.32 Å². The Morgan fingerprint density at radius 3 is 2.60 bits per heavy atom. The van der Waals surface area contributed by atoms with Crippen molar-refractivity contribution in [3.63, 3.8) is 0 Å². The molecule has 0 fully saturated rings. The minimum absolute atomic E-state index is 0.184. The third kappa shape index (κ3) is 5.56. The lowest BCUT2D eigenvalue weighted by molar-refractivity contribution is -0.143. The van der Waals surface area contributed by atoms with Crippen molar-refractivity contribution in [2.24, 2.45) is 5.92 Å². The smallest absolute Gasteiger partial charge is 0.319 e. The molecule has 1 N–H and O–H groups in total. The van der Waals surface area contributed by atoms with Crippen LogP contribution in [0.4, 0.5) is 0 Å². The fourth-order valence-corrected chi connectivity index (χ4v) is 0.455. The average Bonchev–Trinajstić information content (AvgIpc) is 1.85. The number of ether oxygens (including phenoxy) is 1. The summed E-state index contributed by atoms with van der Waals surface area (Å²) in [7, 11) is 1.72. The molecule has 0 aliphatic rings. The lowest BCUT2D eigenvalue weighted by atomic mass is 10.2. The van der Waals surface area contributed by atoms with Gasteiger partial charge < -0.3 is 10.1 Å². The molecule has 0 unspecified atom stereocenters. The number of likely N-dealkylation sites (N-methyl/N-ethyl adjacent to an activating group) is 1. The second kappa shape index (κ2) is 5.23. The zero-order valence-electron chi connectivity index (χ0n) is 6.81. The van der Waals surface area contributed by atoms with Crippen LogP contribution in [-0.2, 0) is 9.53 Å². The Hall–Kier alpha value is -0.570. The number of nitrogens with one attached hydrogen (secondary N) is 1. The summed E-state index contributed by atoms with van der Waals surface area (Å²) in [4.78, 5) is 10.7. The van der Waals surface area contributed by atoms with Gasteiger partial charge in [-0.1, -0.05) is 13.8 Å². The number of hydrogen-bond donors (Lipinski definition) is 1. The molecule has 3 heteroatoms. The minimum atomic E-state index is -0.184. The fraction of sp³-hybridized carbons (Fsp3) is 0.857. The molecule has 0 radical (unpaired) electrons. The van der Waals surface area contributed by atoms with Crippen LogP contribution >= 0.6 is 0 Å². The van der Waals surface area contributed by atoms with Crippen molar-refractivity contribution >= 4 is 5.97 Å². The predicted octanol–water partition coefficient (Wildman–Crippen LogP) is 0.405. The maximum Gasteiger partial charge on any atom is 0.319 e. The SMILES string of the molecule is CNCC(=O)OCC(C)C. The molecule has 0 heterocycles. The van der Waals surface area contributed by atoms with E-state index in [1.165, 1.54) is 0 Å². The molecule has 10 heavy (non-hydrogen) atoms. The molecule has 0 aliphatic heterocycles. The number of carbonyl (C=O) groups excluding carboxylic acids is 1. The molecule has 0 amide bonds. The fourth-order valence-electron chi connectivity index (χ4n) is 0.455. The van der Waals surface area contributed by atoms with Crippen molar-refractivity contribution in [1.29, 1.82) is 0 Å². The first kappa shape index (κ1) is 9.43. The van der Waals surface area contributed by atoms with Crippen molar-refractivity contribution in [2.45, 2.75) is 13.8 Å². The van der Waals surface area contributed by atoms with Gasteiger partial charge in [-0.25, -0.2) is 0 Å². The molecule has 0 atom stereocenters. The van der Waals surface area contributed by atoms with Gasteiger partial charge in [-0.2, -0.15) is 0 Å². The molecular formula is C7H15NO2. The van der Waals surface area contributed by atoms with Crippen molar-refractivity contribution in [1.82, 2.24) is 5.32 Å². The summed E-state index contributed by atoms with van der Waals surface area (Å²) in [5.41, 5.74) is 0. The highest BCUT2D eigenvalue weighted by atomic mass is 16.5. The van der Waals surface area contributed by atoms with E-state index in [1.54, 1.807) is 7.05 Å². The topological polar surface area (TPSA) is 38.3 Å². The summed E-state index contributed by atoms with van der Waals surface area (Å²) >= 11 is 0. The number of rotatable bonds is 4. The first-order valence-electron chi connectivity index (χ1n) is 3.47. The van der Waals surface area contributed by atoms with Crippen molar-refractivity contribution in [2.75, 3.05) is 20.2 Å². The molecule has 3 nitrogen and oxygen atoms in total. The maximum atomic E-state index is 10.7. The summed E-state index contributed by atoms with van der Waals surface area (Å²) in [5.74, 6) is 0.233. The van der Waals surface area contributed by atoms with E-state index < -0.39 is 0 Å². The Balaban J connectivity index is 3.22. The molecule has 0 bridgehead atoms. The van der Waals surface area contributed by atoms with Crippen LogP contribution in [-0.4, -0.2) is 26.2 Å². The average molecular weight is 145 g/mol. The maximum absolute atomic E-state index is 10.7. The van der Waals surface area contributed by atoms with Gasteiger partial charge in [0, 0.05) is 0 Å². The third-order valence-corrected chi connectivity index (χ3v) is 0.899. The van der Waals surface area contributed by atoms with Gasteiger partial charge in [-0.3, -0.25) is 4.79 Å². The predicted molar refractivity (Wildman–Crippen MR) is 39.7 cm³/mol. The van der Waals surface area contributed by atoms with Crippen LogP contribution in [0.5, 0.6) is 0 Å². The van der Waals surface area contributed by atoms with Crippen LogP contribution in [0.25, 0.3) is 0 Å². The summed E-state index contributed by atoms with van der Waals surface area (Å²) < 4.78 is 4.84. The Morgan fingerprint density at radius 1 is 1.60 bits per heavy atom. The molecule has 0 aromatic carbocycles. The normalized spacial score (nSPS) is 10.0. The van der Waals surface area contributed by atoms with Gasteiger partial charge in [0.2, 0.25) is 0 Å². The van der Waals surface area contributed by atoms with Gasteiger partial charge in [0.15, 0.2) is 0 Å². The van der Waals surface area contributed by atoms with Crippen molar-refractivity contribution in [3.05, 3.63) is 0 Å². The monoisotopic (exact) mass is 145 g/mol. The van der Waals surface area contributed by atoms with Crippen molar-refractivity contribution < 1.29 is 9.53 Å². The molecule has 0 spiro atoms. The van der Waals surface area contributed by atoms with Crippen LogP contribution in [0.15, 0.2) is 0 Å². The van der Waals surface area contributed by atoms with Crippen LogP contribution in [0.2, 0.25) is 0 Å². The van der Waals surface area contributed by atoms with Gasteiger partial charge in [-0.05, 0) is 13.0 Å². The molecule has 0 saturated heterocycles. The first-order chi connectivity index (χ1) is 4.66. The summed E-state index contributed by atoms with van der Waals surface area (Å²) in [6.07, 6.45) is 0. The van der Waals surface area contributed by atoms with Gasteiger partial charge in [0.1, 0.15) is 0 Å². The van der Waals surface area contributed by atoms with Gasteiger partial charge >= 0.3 is 5.97 Å². The highest BCUT2D eigenvalue weighted by Gasteiger charge is 2.00. The van der Waals surface area contributed by atoms with Crippen LogP contribution in [0.3, 0.4) is 0 Å². The van der Waals surface area contributed by atoms with Gasteiger partial charge in [0.05, 0.1) is 13.2 Å². The summed E-state index contributed by atoms with van der Waals surface area (Å²) in [6, 6.07) is 0. The van der Waals surface area contributed by atoms with Gasteiger partial charge in [0.25, 0.3) is 0 Å². The molecule has 0 rings (SSSR count). The van der Waals surface area contributed by atoms with E-state index in [4.69, 9.17) is 4.74 Å². The van der Waals surface area contributed by atoms with E-state index in [9.17, 15) is 4.79 Å². The Morgan fingerprint density at radius 2 is 2.20 bits per heavy atom. The summed E-state index contributed by atoms with van der Waals surface area (Å²) in [6.45, 7) is 4.83. The van der Waals surface area contributed by atoms with Crippen LogP contribution in [0.1, 0.15) is 13.8 Å². The minimum Gasteiger partial charge on any atom is -0.464 e. The highest BCUT2D eigenvalue weighted by molar-refractivity contribution is 5.71. The standard InChI is InChI=1S/C7H15NO2/c1-6(2)5-10-7(9)4-8-3/h6,8H,4-5H2,1-3H3. The quantitative estimate of drug-likeness (QED) is 0.582. The van der Waals surface area contributed by atoms with E-state index in [1.807, 2.05) is 13.8 Å². The largest absolute Gasteiger partial charge is 0.464 e. The molecule has 0 aromatic heterocycles. The second-order valence-corrected chi connectivity index (χ2v) is 2.61.